The number of hydrogen-bond donors (Lipinski definition) is 1. The third kappa shape index (κ3) is 5.82. The molecule has 9 heteroatoms. The number of likely N-dealkylation sites (N-methyl/N-ethyl adjacent to an activating group) is 1. The van der Waals surface area contributed by atoms with Gasteiger partial charge in [0.2, 0.25) is 5.91 Å². The lowest BCUT2D eigenvalue weighted by atomic mass is 9.97. The van der Waals surface area contributed by atoms with E-state index >= 15 is 0 Å². The summed E-state index contributed by atoms with van der Waals surface area (Å²) in [5.41, 5.74) is 1.38. The largest absolute Gasteiger partial charge is 0.480 e. The number of aromatic nitrogens is 1. The first-order valence-electron chi connectivity index (χ1n) is 11.6. The van der Waals surface area contributed by atoms with E-state index in [-0.39, 0.29) is 24.3 Å². The summed E-state index contributed by atoms with van der Waals surface area (Å²) in [6, 6.07) is 16.1. The Morgan fingerprint density at radius 2 is 1.70 bits per heavy atom. The van der Waals surface area contributed by atoms with Crippen molar-refractivity contribution in [2.24, 2.45) is 0 Å². The number of aliphatic carboxylic acids is 1. The molecule has 192 valence electrons. The molecule has 3 aromatic carbocycles. The first-order valence-corrected chi connectivity index (χ1v) is 11.6. The van der Waals surface area contributed by atoms with Crippen LogP contribution in [0.15, 0.2) is 72.9 Å². The van der Waals surface area contributed by atoms with Gasteiger partial charge in [-0.25, -0.2) is 4.39 Å². The van der Waals surface area contributed by atoms with Gasteiger partial charge in [-0.1, -0.05) is 36.4 Å². The van der Waals surface area contributed by atoms with E-state index in [2.05, 4.69) is 0 Å². The molecule has 5 nitrogen and oxygen atoms in total. The number of halogens is 4. The molecule has 0 unspecified atom stereocenters. The van der Waals surface area contributed by atoms with Crippen molar-refractivity contribution < 1.29 is 32.3 Å². The van der Waals surface area contributed by atoms with Gasteiger partial charge >= 0.3 is 12.1 Å². The topological polar surface area (TPSA) is 62.5 Å². The average molecular weight is 513 g/mol. The second-order valence-corrected chi connectivity index (χ2v) is 8.67. The number of carbonyl (C=O) groups is 2. The number of fused-ring (bicyclic) bond motifs is 1. The molecule has 4 aromatic rings. The Labute approximate surface area is 210 Å². The first kappa shape index (κ1) is 25.9. The second kappa shape index (κ2) is 10.5. The molecule has 0 fully saturated rings. The molecule has 0 spiro atoms. The van der Waals surface area contributed by atoms with Crippen molar-refractivity contribution in [1.29, 1.82) is 0 Å². The van der Waals surface area contributed by atoms with Crippen LogP contribution in [0.25, 0.3) is 22.0 Å². The number of benzene rings is 3. The zero-order valence-corrected chi connectivity index (χ0v) is 19.9. The molecule has 0 saturated carbocycles. The fraction of sp³-hybridized carbons (Fsp3) is 0.214. The number of amides is 1. The molecule has 4 rings (SSSR count). The Morgan fingerprint density at radius 3 is 2.35 bits per heavy atom. The van der Waals surface area contributed by atoms with Crippen molar-refractivity contribution >= 4 is 22.8 Å². The van der Waals surface area contributed by atoms with Gasteiger partial charge in [0.15, 0.2) is 0 Å². The van der Waals surface area contributed by atoms with E-state index in [1.54, 1.807) is 11.8 Å². The summed E-state index contributed by atoms with van der Waals surface area (Å²) in [5.74, 6) is -1.90. The highest BCUT2D eigenvalue weighted by molar-refractivity contribution is 5.98. The highest BCUT2D eigenvalue weighted by Gasteiger charge is 2.31. The third-order valence-electron chi connectivity index (χ3n) is 6.17. The lowest BCUT2D eigenvalue weighted by Gasteiger charge is -2.23. The number of carboxylic acids is 1. The van der Waals surface area contributed by atoms with Gasteiger partial charge in [-0.15, -0.1) is 0 Å². The Hall–Kier alpha value is -4.14. The van der Waals surface area contributed by atoms with E-state index in [9.17, 15) is 32.3 Å². The predicted molar refractivity (Wildman–Crippen MR) is 131 cm³/mol. The maximum atomic E-state index is 14.3. The lowest BCUT2D eigenvalue weighted by Crippen LogP contribution is -2.31. The molecule has 0 aliphatic carbocycles. The summed E-state index contributed by atoms with van der Waals surface area (Å²) in [4.78, 5) is 26.0. The molecule has 0 bridgehead atoms. The molecule has 1 N–H and O–H groups in total. The summed E-state index contributed by atoms with van der Waals surface area (Å²) < 4.78 is 56.2. The Morgan fingerprint density at radius 1 is 0.973 bits per heavy atom. The molecule has 37 heavy (non-hydrogen) atoms. The Bertz CT molecular complexity index is 1450. The minimum atomic E-state index is -4.60. The number of rotatable bonds is 8. The normalized spacial score (nSPS) is 11.6. The van der Waals surface area contributed by atoms with Crippen LogP contribution in [-0.4, -0.2) is 33.0 Å². The summed E-state index contributed by atoms with van der Waals surface area (Å²) in [6.07, 6.45) is -3.00. The van der Waals surface area contributed by atoms with E-state index in [1.807, 2.05) is 30.3 Å². The number of nitrogens with zero attached hydrogens (tertiary/aromatic N) is 2. The standard InChI is InChI=1S/C28H24F4N2O3/c1-2-33(26(35)12-18-6-4-3-5-7-18)15-19-13-21(29)9-10-22(19)24-16-34(17-27(36)37)25-11-8-20(14-23(24)25)28(30,31)32/h3-11,13-14,16H,2,12,15,17H2,1H3,(H,36,37). The molecular weight excluding hydrogens is 488 g/mol. The molecule has 0 aliphatic heterocycles. The van der Waals surface area contributed by atoms with Crippen LogP contribution in [0.4, 0.5) is 17.6 Å². The number of carboxylic acid groups (broad SMARTS) is 1. The van der Waals surface area contributed by atoms with Crippen LogP contribution in [0, 0.1) is 5.82 Å². The smallest absolute Gasteiger partial charge is 0.416 e. The summed E-state index contributed by atoms with van der Waals surface area (Å²) in [7, 11) is 0. The predicted octanol–water partition coefficient (Wildman–Crippen LogP) is 6.14. The van der Waals surface area contributed by atoms with Gasteiger partial charge in [0.05, 0.1) is 12.0 Å². The molecule has 0 aliphatic rings. The van der Waals surface area contributed by atoms with E-state index < -0.39 is 30.1 Å². The highest BCUT2D eigenvalue weighted by atomic mass is 19.4. The van der Waals surface area contributed by atoms with Gasteiger partial charge in [0.1, 0.15) is 12.4 Å². The zero-order chi connectivity index (χ0) is 26.7. The first-order chi connectivity index (χ1) is 17.6. The van der Waals surface area contributed by atoms with Crippen molar-refractivity contribution in [2.45, 2.75) is 32.6 Å². The summed E-state index contributed by atoms with van der Waals surface area (Å²) >= 11 is 0. The summed E-state index contributed by atoms with van der Waals surface area (Å²) in [5, 5.41) is 9.50. The fourth-order valence-corrected chi connectivity index (χ4v) is 4.38. The van der Waals surface area contributed by atoms with Crippen LogP contribution in [-0.2, 0) is 35.3 Å². The van der Waals surface area contributed by atoms with Gasteiger partial charge in [-0.05, 0) is 53.9 Å². The van der Waals surface area contributed by atoms with E-state index in [0.29, 0.717) is 28.8 Å². The number of alkyl halides is 3. The van der Waals surface area contributed by atoms with E-state index in [4.69, 9.17) is 0 Å². The van der Waals surface area contributed by atoms with Crippen molar-refractivity contribution in [1.82, 2.24) is 9.47 Å². The van der Waals surface area contributed by atoms with Gasteiger partial charge < -0.3 is 14.6 Å². The molecule has 1 amide bonds. The van der Waals surface area contributed by atoms with Crippen LogP contribution in [0.5, 0.6) is 0 Å². The minimum absolute atomic E-state index is 0.0276. The van der Waals surface area contributed by atoms with Crippen LogP contribution in [0.2, 0.25) is 0 Å². The SMILES string of the molecule is CCN(Cc1cc(F)ccc1-c1cn(CC(=O)O)c2ccc(C(F)(F)F)cc12)C(=O)Cc1ccccc1. The Kier molecular flexibility index (Phi) is 7.33. The average Bonchev–Trinajstić information content (AvgIpc) is 3.19. The van der Waals surface area contributed by atoms with E-state index in [1.165, 1.54) is 35.0 Å². The molecule has 0 saturated heterocycles. The molecule has 1 aromatic heterocycles. The van der Waals surface area contributed by atoms with Crippen molar-refractivity contribution in [3.05, 3.63) is 95.4 Å². The maximum absolute atomic E-state index is 14.3. The van der Waals surface area contributed by atoms with Gasteiger partial charge in [-0.2, -0.15) is 13.2 Å². The molecule has 1 heterocycles. The van der Waals surface area contributed by atoms with Gasteiger partial charge in [0, 0.05) is 35.8 Å². The number of hydrogen-bond acceptors (Lipinski definition) is 2. The molecule has 0 radical (unpaired) electrons. The Balaban J connectivity index is 1.79. The quantitative estimate of drug-likeness (QED) is 0.289. The van der Waals surface area contributed by atoms with Crippen LogP contribution in [0.3, 0.4) is 0 Å². The van der Waals surface area contributed by atoms with Crippen LogP contribution in [0.1, 0.15) is 23.6 Å². The maximum Gasteiger partial charge on any atom is 0.416 e. The second-order valence-electron chi connectivity index (χ2n) is 8.67. The van der Waals surface area contributed by atoms with Crippen LogP contribution < -0.4 is 0 Å². The third-order valence-corrected chi connectivity index (χ3v) is 6.17. The van der Waals surface area contributed by atoms with Crippen molar-refractivity contribution in [3.63, 3.8) is 0 Å². The minimum Gasteiger partial charge on any atom is -0.480 e. The highest BCUT2D eigenvalue weighted by Crippen LogP contribution is 2.38. The van der Waals surface area contributed by atoms with Crippen LogP contribution >= 0.6 is 0 Å². The van der Waals surface area contributed by atoms with Gasteiger partial charge in [0.25, 0.3) is 0 Å². The lowest BCUT2D eigenvalue weighted by molar-refractivity contribution is -0.138. The molecular formula is C28H24F4N2O3. The van der Waals surface area contributed by atoms with Crippen molar-refractivity contribution in [2.75, 3.05) is 6.54 Å². The zero-order valence-electron chi connectivity index (χ0n) is 19.9. The van der Waals surface area contributed by atoms with Crippen molar-refractivity contribution in [3.8, 4) is 11.1 Å². The van der Waals surface area contributed by atoms with E-state index in [0.717, 1.165) is 17.7 Å². The summed E-state index contributed by atoms with van der Waals surface area (Å²) in [6.45, 7) is 1.69. The molecule has 0 atom stereocenters. The monoisotopic (exact) mass is 512 g/mol. The number of carbonyl (C=O) groups excluding carboxylic acids is 1. The fourth-order valence-electron chi connectivity index (χ4n) is 4.38. The van der Waals surface area contributed by atoms with Gasteiger partial charge in [-0.3, -0.25) is 9.59 Å².